The van der Waals surface area contributed by atoms with Crippen LogP contribution in [0.5, 0.6) is 0 Å². The van der Waals surface area contributed by atoms with Crippen LogP contribution in [-0.4, -0.2) is 35.4 Å². The average molecular weight is 286 g/mol. The second kappa shape index (κ2) is 5.28. The molecule has 4 atom stereocenters. The number of aliphatic imine (C=N–C) groups is 1. The smallest absolute Gasteiger partial charge is 0.0986 e. The molecule has 0 radical (unpaired) electrons. The fourth-order valence-electron chi connectivity index (χ4n) is 3.52. The number of hydrogen-bond donors (Lipinski definition) is 1. The van der Waals surface area contributed by atoms with Crippen molar-refractivity contribution in [3.05, 3.63) is 48.0 Å². The molecule has 3 rings (SSSR count). The first-order valence-corrected chi connectivity index (χ1v) is 7.38. The molecule has 1 aliphatic heterocycles. The number of benzene rings is 1. The van der Waals surface area contributed by atoms with Gasteiger partial charge in [-0.25, -0.2) is 0 Å². The third kappa shape index (κ3) is 2.28. The van der Waals surface area contributed by atoms with Crippen molar-refractivity contribution in [1.29, 1.82) is 0 Å². The van der Waals surface area contributed by atoms with Crippen molar-refractivity contribution in [2.75, 3.05) is 6.54 Å². The molecule has 1 aliphatic carbocycles. The van der Waals surface area contributed by atoms with Gasteiger partial charge in [0, 0.05) is 12.3 Å². The molecule has 1 N–H and O–H groups in total. The summed E-state index contributed by atoms with van der Waals surface area (Å²) >= 11 is 0. The molecule has 0 unspecified atom stereocenters. The third-order valence-corrected chi connectivity index (χ3v) is 4.70. The minimum Gasteiger partial charge on any atom is -0.858 e. The molecule has 112 valence electrons. The molecular weight excluding hydrogens is 266 g/mol. The SMILES string of the molecule is C=C1C[C@]2(CC)O[C@@H](CN=C([O-])c3ccccc3)[C@H]1[C@@H]2O. The van der Waals surface area contributed by atoms with Crippen LogP contribution in [0.25, 0.3) is 0 Å². The quantitative estimate of drug-likeness (QED) is 0.515. The first-order valence-electron chi connectivity index (χ1n) is 7.38. The molecule has 2 aliphatic rings. The number of fused-ring (bicyclic) bond motifs is 2. The molecule has 4 nitrogen and oxygen atoms in total. The molecular formula is C17H20NO3-. The van der Waals surface area contributed by atoms with Gasteiger partial charge in [0.2, 0.25) is 0 Å². The molecule has 0 amide bonds. The lowest BCUT2D eigenvalue weighted by molar-refractivity contribution is -0.213. The predicted molar refractivity (Wildman–Crippen MR) is 79.0 cm³/mol. The molecule has 1 saturated heterocycles. The number of rotatable bonds is 4. The van der Waals surface area contributed by atoms with E-state index >= 15 is 0 Å². The van der Waals surface area contributed by atoms with Gasteiger partial charge in [-0.15, -0.1) is 0 Å². The zero-order valence-electron chi connectivity index (χ0n) is 12.2. The van der Waals surface area contributed by atoms with Crippen LogP contribution in [0.15, 0.2) is 47.5 Å². The zero-order valence-corrected chi connectivity index (χ0v) is 12.2. The number of aliphatic hydroxyl groups is 1. The van der Waals surface area contributed by atoms with Crippen molar-refractivity contribution in [1.82, 2.24) is 0 Å². The Balaban J connectivity index is 1.74. The Kier molecular flexibility index (Phi) is 3.59. The van der Waals surface area contributed by atoms with Crippen molar-refractivity contribution >= 4 is 5.90 Å². The van der Waals surface area contributed by atoms with E-state index < -0.39 is 11.7 Å². The van der Waals surface area contributed by atoms with Gasteiger partial charge in [-0.1, -0.05) is 49.4 Å². The third-order valence-electron chi connectivity index (χ3n) is 4.70. The normalized spacial score (nSPS) is 35.4. The standard InChI is InChI=1S/C17H21NO3/c1-3-17-9-11(2)14(15(17)19)13(21-17)10-18-16(20)12-7-5-4-6-8-12/h4-8,13-15,19H,2-3,9-10H2,1H3,(H,18,20)/p-1/t13-,14-,15-,17-/m0/s1. The van der Waals surface area contributed by atoms with E-state index in [-0.39, 0.29) is 24.5 Å². The van der Waals surface area contributed by atoms with Crippen LogP contribution in [0.1, 0.15) is 25.3 Å². The van der Waals surface area contributed by atoms with Gasteiger partial charge in [0.1, 0.15) is 0 Å². The van der Waals surface area contributed by atoms with Crippen LogP contribution < -0.4 is 5.11 Å². The molecule has 2 bridgehead atoms. The summed E-state index contributed by atoms with van der Waals surface area (Å²) in [7, 11) is 0. The van der Waals surface area contributed by atoms with E-state index in [9.17, 15) is 10.2 Å². The molecule has 21 heavy (non-hydrogen) atoms. The molecule has 1 saturated carbocycles. The van der Waals surface area contributed by atoms with Crippen molar-refractivity contribution in [3.8, 4) is 0 Å². The first kappa shape index (κ1) is 14.3. The van der Waals surface area contributed by atoms with Crippen LogP contribution in [0.4, 0.5) is 0 Å². The molecule has 0 aromatic heterocycles. The Morgan fingerprint density at radius 2 is 2.19 bits per heavy atom. The maximum absolute atomic E-state index is 12.0. The van der Waals surface area contributed by atoms with Gasteiger partial charge in [0.15, 0.2) is 0 Å². The van der Waals surface area contributed by atoms with Crippen molar-refractivity contribution in [3.63, 3.8) is 0 Å². The van der Waals surface area contributed by atoms with Gasteiger partial charge in [-0.05, 0) is 17.9 Å². The van der Waals surface area contributed by atoms with Crippen LogP contribution in [0, 0.1) is 5.92 Å². The highest BCUT2D eigenvalue weighted by molar-refractivity contribution is 5.90. The number of ether oxygens (including phenoxy) is 1. The summed E-state index contributed by atoms with van der Waals surface area (Å²) in [6.45, 7) is 6.33. The van der Waals surface area contributed by atoms with Crippen LogP contribution >= 0.6 is 0 Å². The summed E-state index contributed by atoms with van der Waals surface area (Å²) in [6, 6.07) is 8.98. The lowest BCUT2D eigenvalue weighted by Gasteiger charge is -2.30. The van der Waals surface area contributed by atoms with E-state index in [2.05, 4.69) is 11.6 Å². The van der Waals surface area contributed by atoms with Gasteiger partial charge < -0.3 is 14.9 Å². The van der Waals surface area contributed by atoms with Gasteiger partial charge in [-0.3, -0.25) is 4.99 Å². The topological polar surface area (TPSA) is 64.9 Å². The molecule has 2 fully saturated rings. The summed E-state index contributed by atoms with van der Waals surface area (Å²) in [4.78, 5) is 4.11. The minimum atomic E-state index is -0.526. The summed E-state index contributed by atoms with van der Waals surface area (Å²) in [5, 5.41) is 22.4. The Hall–Kier alpha value is -1.65. The van der Waals surface area contributed by atoms with Crippen molar-refractivity contribution in [2.24, 2.45) is 10.9 Å². The zero-order chi connectivity index (χ0) is 15.0. The van der Waals surface area contributed by atoms with Crippen molar-refractivity contribution in [2.45, 2.75) is 37.6 Å². The molecule has 4 heteroatoms. The van der Waals surface area contributed by atoms with Crippen LogP contribution in [-0.2, 0) is 4.74 Å². The van der Waals surface area contributed by atoms with Crippen LogP contribution in [0.2, 0.25) is 0 Å². The van der Waals surface area contributed by atoms with Crippen LogP contribution in [0.3, 0.4) is 0 Å². The lowest BCUT2D eigenvalue weighted by atomic mass is 9.95. The Labute approximate surface area is 124 Å². The fourth-order valence-corrected chi connectivity index (χ4v) is 3.52. The van der Waals surface area contributed by atoms with E-state index in [1.54, 1.807) is 12.1 Å². The van der Waals surface area contributed by atoms with Gasteiger partial charge in [0.05, 0.1) is 24.4 Å². The Morgan fingerprint density at radius 1 is 1.48 bits per heavy atom. The molecule has 0 spiro atoms. The highest BCUT2D eigenvalue weighted by Gasteiger charge is 2.59. The summed E-state index contributed by atoms with van der Waals surface area (Å²) < 4.78 is 6.01. The lowest BCUT2D eigenvalue weighted by Crippen LogP contribution is -2.36. The number of nitrogens with zero attached hydrogens (tertiary/aromatic N) is 1. The van der Waals surface area contributed by atoms with E-state index in [1.807, 2.05) is 25.1 Å². The maximum atomic E-state index is 12.0. The van der Waals surface area contributed by atoms with E-state index in [4.69, 9.17) is 4.74 Å². The van der Waals surface area contributed by atoms with Gasteiger partial charge >= 0.3 is 0 Å². The van der Waals surface area contributed by atoms with E-state index in [0.29, 0.717) is 12.0 Å². The second-order valence-electron chi connectivity index (χ2n) is 5.89. The van der Waals surface area contributed by atoms with E-state index in [1.165, 1.54) is 0 Å². The van der Waals surface area contributed by atoms with Gasteiger partial charge in [-0.2, -0.15) is 0 Å². The largest absolute Gasteiger partial charge is 0.858 e. The first-order chi connectivity index (χ1) is 10.1. The fraction of sp³-hybridized carbons (Fsp3) is 0.471. The average Bonchev–Trinajstić information content (AvgIpc) is 2.92. The Bertz CT molecular complexity index is 569. The molecule has 1 aromatic rings. The summed E-state index contributed by atoms with van der Waals surface area (Å²) in [5.74, 6) is -0.343. The Morgan fingerprint density at radius 3 is 2.81 bits per heavy atom. The van der Waals surface area contributed by atoms with Gasteiger partial charge in [0.25, 0.3) is 0 Å². The second-order valence-corrected chi connectivity index (χ2v) is 5.89. The minimum absolute atomic E-state index is 0.0997. The summed E-state index contributed by atoms with van der Waals surface area (Å²) in [6.07, 6.45) is 0.682. The summed E-state index contributed by atoms with van der Waals surface area (Å²) in [5.41, 5.74) is 1.07. The highest BCUT2D eigenvalue weighted by Crippen LogP contribution is 2.52. The molecule has 1 aromatic carbocycles. The van der Waals surface area contributed by atoms with Crippen molar-refractivity contribution < 1.29 is 14.9 Å². The highest BCUT2D eigenvalue weighted by atomic mass is 16.5. The predicted octanol–water partition coefficient (Wildman–Crippen LogP) is 1.28. The molecule has 1 heterocycles. The maximum Gasteiger partial charge on any atom is 0.0986 e. The van der Waals surface area contributed by atoms with E-state index in [0.717, 1.165) is 12.0 Å². The monoisotopic (exact) mass is 286 g/mol. The number of hydrogen-bond acceptors (Lipinski definition) is 4. The number of aliphatic hydroxyl groups excluding tert-OH is 1.